The van der Waals surface area contributed by atoms with E-state index < -0.39 is 91.3 Å². The van der Waals surface area contributed by atoms with Gasteiger partial charge in [-0.25, -0.2) is 13.7 Å². The molecule has 1 saturated carbocycles. The first-order valence-corrected chi connectivity index (χ1v) is 29.1. The number of unbranched alkanes of at least 4 members (excludes halogenated alkanes) is 15. The Bertz CT molecular complexity index is 1670. The summed E-state index contributed by atoms with van der Waals surface area (Å²) in [6.07, 6.45) is 26.6. The van der Waals surface area contributed by atoms with Crippen molar-refractivity contribution in [2.45, 2.75) is 211 Å². The molecule has 1 fully saturated rings. The Hall–Kier alpha value is -2.15. The molecule has 0 spiro atoms. The van der Waals surface area contributed by atoms with Gasteiger partial charge in [-0.1, -0.05) is 139 Å². The highest BCUT2D eigenvalue weighted by Gasteiger charge is 2.56. The van der Waals surface area contributed by atoms with E-state index in [2.05, 4.69) is 83.7 Å². The smallest absolute Gasteiger partial charge is 0.462 e. The molecule has 0 heterocycles. The molecule has 69 heavy (non-hydrogen) atoms. The number of carbonyl (C=O) groups is 2. The molecule has 1 rings (SSSR count). The van der Waals surface area contributed by atoms with Crippen LogP contribution in [-0.2, 0) is 50.9 Å². The summed E-state index contributed by atoms with van der Waals surface area (Å²) in [5.41, 5.74) is 0. The summed E-state index contributed by atoms with van der Waals surface area (Å²) in [5.74, 6) is -1.33. The van der Waals surface area contributed by atoms with Crippen LogP contribution < -0.4 is 0 Å². The summed E-state index contributed by atoms with van der Waals surface area (Å²) in [4.78, 5) is 73.3. The van der Waals surface area contributed by atoms with Gasteiger partial charge < -0.3 is 49.3 Å². The molecule has 0 bridgehead atoms. The maximum Gasteiger partial charge on any atom is 0.472 e. The molecular formula is C47H83O19P3. The van der Waals surface area contributed by atoms with Crippen LogP contribution in [-0.4, -0.2) is 108 Å². The predicted molar refractivity (Wildman–Crippen MR) is 261 cm³/mol. The van der Waals surface area contributed by atoms with E-state index in [-0.39, 0.29) is 12.8 Å². The Morgan fingerprint density at radius 1 is 0.478 bits per heavy atom. The zero-order valence-electron chi connectivity index (χ0n) is 40.6. The molecule has 0 aliphatic heterocycles. The Balaban J connectivity index is 2.73. The third-order valence-corrected chi connectivity index (χ3v) is 12.8. The van der Waals surface area contributed by atoms with Gasteiger partial charge in [0.1, 0.15) is 43.2 Å². The van der Waals surface area contributed by atoms with E-state index in [1.807, 2.05) is 0 Å². The van der Waals surface area contributed by atoms with E-state index >= 15 is 0 Å². The minimum atomic E-state index is -5.61. The van der Waals surface area contributed by atoms with Gasteiger partial charge in [-0.2, -0.15) is 0 Å². The molecule has 0 aromatic rings. The van der Waals surface area contributed by atoms with Crippen molar-refractivity contribution in [2.75, 3.05) is 13.2 Å². The fourth-order valence-corrected chi connectivity index (χ4v) is 9.25. The highest BCUT2D eigenvalue weighted by atomic mass is 31.2. The molecule has 1 aliphatic rings. The van der Waals surface area contributed by atoms with Crippen LogP contribution in [0.2, 0.25) is 0 Å². The summed E-state index contributed by atoms with van der Waals surface area (Å²) >= 11 is 0. The molecule has 8 N–H and O–H groups in total. The van der Waals surface area contributed by atoms with Gasteiger partial charge in [0.15, 0.2) is 6.10 Å². The molecule has 5 unspecified atom stereocenters. The van der Waals surface area contributed by atoms with E-state index in [1.165, 1.54) is 25.7 Å². The lowest BCUT2D eigenvalue weighted by Gasteiger charge is -2.44. The normalized spacial score (nSPS) is 21.8. The number of phosphoric ester groups is 3. The number of aliphatic hydroxyl groups excluding tert-OH is 3. The van der Waals surface area contributed by atoms with E-state index in [9.17, 15) is 63.1 Å². The average molecular weight is 1050 g/mol. The molecule has 1 aliphatic carbocycles. The topological polar surface area (TPSA) is 303 Å². The van der Waals surface area contributed by atoms with Crippen LogP contribution in [0.15, 0.2) is 60.8 Å². The second-order valence-electron chi connectivity index (χ2n) is 17.0. The van der Waals surface area contributed by atoms with Crippen LogP contribution in [0.4, 0.5) is 0 Å². The van der Waals surface area contributed by atoms with Gasteiger partial charge in [-0.05, 0) is 77.0 Å². The monoisotopic (exact) mass is 1040 g/mol. The summed E-state index contributed by atoms with van der Waals surface area (Å²) in [7, 11) is -16.6. The summed E-state index contributed by atoms with van der Waals surface area (Å²) in [5, 5.41) is 31.9. The highest BCUT2D eigenvalue weighted by molar-refractivity contribution is 7.47. The lowest BCUT2D eigenvalue weighted by molar-refractivity contribution is -0.213. The molecule has 8 atom stereocenters. The third-order valence-electron chi connectivity index (χ3n) is 10.8. The van der Waals surface area contributed by atoms with Gasteiger partial charge >= 0.3 is 35.4 Å². The number of ether oxygens (including phenoxy) is 2. The highest BCUT2D eigenvalue weighted by Crippen LogP contribution is 2.51. The Morgan fingerprint density at radius 3 is 1.38 bits per heavy atom. The van der Waals surface area contributed by atoms with Crippen molar-refractivity contribution in [3.8, 4) is 0 Å². The number of carbonyl (C=O) groups excluding carboxylic acids is 2. The van der Waals surface area contributed by atoms with Gasteiger partial charge in [0.2, 0.25) is 0 Å². The van der Waals surface area contributed by atoms with E-state index in [0.717, 1.165) is 103 Å². The van der Waals surface area contributed by atoms with Crippen molar-refractivity contribution in [3.63, 3.8) is 0 Å². The zero-order chi connectivity index (χ0) is 51.4. The molecule has 22 heteroatoms. The Labute approximate surface area is 409 Å². The lowest BCUT2D eigenvalue weighted by atomic mass is 9.85. The largest absolute Gasteiger partial charge is 0.472 e. The molecule has 0 aromatic carbocycles. The molecule has 400 valence electrons. The summed E-state index contributed by atoms with van der Waals surface area (Å²) in [6.45, 7) is 2.80. The van der Waals surface area contributed by atoms with E-state index in [4.69, 9.17) is 18.5 Å². The SMILES string of the molecule is CCC=CCC=CCC=CCC=CCCCCCCC(=O)OC[C@H](COP(=O)(O)O[C@H]1C(O)C(O)C(OP(=O)(O)O)[C@@H](OP(=O)(O)O)C1O)OC(=O)CCCCCCCCCC=CCCCCCC. The maximum absolute atomic E-state index is 13.1. The van der Waals surface area contributed by atoms with Gasteiger partial charge in [0.25, 0.3) is 0 Å². The number of hydrogen-bond donors (Lipinski definition) is 8. The van der Waals surface area contributed by atoms with Crippen LogP contribution in [0, 0.1) is 0 Å². The standard InChI is InChI=1S/C47H83O19P3/c1-3-5-7-9-11-13-15-17-19-20-22-23-25-27-29-31-33-35-40(48)61-37-39(63-41(49)36-34-32-30-28-26-24-21-18-16-14-12-10-8-6-4-2)38-62-69(59,60)66-45-42(50)43(51)46(64-67(53,54)55)47(44(45)52)65-68(56,57)58/h5,7,11,13-14,16-17,19,22-23,39,42-47,50-52H,3-4,6,8-10,12,15,18,20-21,24-38H2,1-2H3,(H,59,60)(H2,53,54,55)(H2,56,57,58)/t39-,42?,43?,44?,45+,46?,47+/m1/s1. The van der Waals surface area contributed by atoms with Crippen molar-refractivity contribution in [1.29, 1.82) is 0 Å². The number of allylic oxidation sites excluding steroid dienone is 10. The predicted octanol–water partition coefficient (Wildman–Crippen LogP) is 9.18. The second-order valence-corrected chi connectivity index (χ2v) is 20.8. The molecule has 0 saturated heterocycles. The number of hydrogen-bond acceptors (Lipinski definition) is 14. The van der Waals surface area contributed by atoms with Crippen LogP contribution in [0.1, 0.15) is 168 Å². The van der Waals surface area contributed by atoms with Crippen molar-refractivity contribution in [3.05, 3.63) is 60.8 Å². The molecule has 19 nitrogen and oxygen atoms in total. The van der Waals surface area contributed by atoms with Crippen molar-refractivity contribution in [2.24, 2.45) is 0 Å². The van der Waals surface area contributed by atoms with E-state index in [0.29, 0.717) is 12.8 Å². The zero-order valence-corrected chi connectivity index (χ0v) is 43.3. The summed E-state index contributed by atoms with van der Waals surface area (Å²) < 4.78 is 65.5. The number of aliphatic hydroxyl groups is 3. The summed E-state index contributed by atoms with van der Waals surface area (Å²) in [6, 6.07) is 0. The first-order chi connectivity index (χ1) is 32.8. The van der Waals surface area contributed by atoms with Crippen LogP contribution in [0.25, 0.3) is 0 Å². The van der Waals surface area contributed by atoms with Crippen molar-refractivity contribution >= 4 is 35.4 Å². The lowest BCUT2D eigenvalue weighted by Crippen LogP contribution is -2.65. The molecule has 0 radical (unpaired) electrons. The Morgan fingerprint density at radius 2 is 0.884 bits per heavy atom. The molecule has 0 aromatic heterocycles. The van der Waals surface area contributed by atoms with Gasteiger partial charge in [0.05, 0.1) is 6.61 Å². The van der Waals surface area contributed by atoms with Gasteiger partial charge in [-0.15, -0.1) is 0 Å². The molecular weight excluding hydrogens is 961 g/mol. The minimum Gasteiger partial charge on any atom is -0.462 e. The van der Waals surface area contributed by atoms with Gasteiger partial charge in [0, 0.05) is 12.8 Å². The van der Waals surface area contributed by atoms with Crippen LogP contribution in [0.3, 0.4) is 0 Å². The fourth-order valence-electron chi connectivity index (χ4n) is 7.16. The third kappa shape index (κ3) is 34.8. The second kappa shape index (κ2) is 38.5. The van der Waals surface area contributed by atoms with Crippen LogP contribution >= 0.6 is 23.5 Å². The quantitative estimate of drug-likeness (QED) is 0.0122. The Kier molecular flexibility index (Phi) is 36.2. The first-order valence-electron chi connectivity index (χ1n) is 24.6. The van der Waals surface area contributed by atoms with Gasteiger partial charge in [-0.3, -0.25) is 27.7 Å². The first kappa shape index (κ1) is 64.9. The molecule has 0 amide bonds. The fraction of sp³-hybridized carbons (Fsp3) is 0.745. The van der Waals surface area contributed by atoms with Crippen LogP contribution in [0.5, 0.6) is 0 Å². The number of rotatable bonds is 41. The average Bonchev–Trinajstić information content (AvgIpc) is 3.28. The van der Waals surface area contributed by atoms with Crippen molar-refractivity contribution in [1.82, 2.24) is 0 Å². The maximum atomic E-state index is 13.1. The minimum absolute atomic E-state index is 0.0150. The number of phosphoric acid groups is 3. The van der Waals surface area contributed by atoms with Crippen molar-refractivity contribution < 1.29 is 90.6 Å². The van der Waals surface area contributed by atoms with E-state index in [1.54, 1.807) is 0 Å². The number of esters is 2.